The van der Waals surface area contributed by atoms with E-state index in [4.69, 9.17) is 25.5 Å². The zero-order valence-electron chi connectivity index (χ0n) is 16.6. The van der Waals surface area contributed by atoms with Crippen molar-refractivity contribution in [3.63, 3.8) is 0 Å². The number of hydrogen-bond donors (Lipinski definition) is 0. The molecule has 4 aromatic carbocycles. The maximum absolute atomic E-state index is 12.9. The van der Waals surface area contributed by atoms with Crippen molar-refractivity contribution < 1.29 is 18.7 Å². The van der Waals surface area contributed by atoms with E-state index in [2.05, 4.69) is 0 Å². The number of rotatable bonds is 4. The molecule has 0 bridgehead atoms. The highest BCUT2D eigenvalue weighted by Gasteiger charge is 2.13. The Morgan fingerprint density at radius 1 is 0.812 bits per heavy atom. The summed E-state index contributed by atoms with van der Waals surface area (Å²) in [5.74, 6) is 0.276. The highest BCUT2D eigenvalue weighted by Crippen LogP contribution is 2.27. The Kier molecular flexibility index (Phi) is 5.09. The van der Waals surface area contributed by atoms with Crippen LogP contribution >= 0.6 is 11.6 Å². The molecule has 5 aromatic rings. The molecule has 5 rings (SSSR count). The van der Waals surface area contributed by atoms with Crippen molar-refractivity contribution in [1.82, 2.24) is 0 Å². The van der Waals surface area contributed by atoms with E-state index < -0.39 is 5.97 Å². The van der Waals surface area contributed by atoms with Crippen LogP contribution in [-0.2, 0) is 0 Å². The van der Waals surface area contributed by atoms with Crippen LogP contribution in [-0.4, -0.2) is 5.97 Å². The van der Waals surface area contributed by atoms with Gasteiger partial charge in [-0.2, -0.15) is 0 Å². The van der Waals surface area contributed by atoms with Crippen molar-refractivity contribution in [2.24, 2.45) is 0 Å². The molecule has 0 fully saturated rings. The number of hydrogen-bond acceptors (Lipinski definition) is 5. The molecule has 0 saturated carbocycles. The van der Waals surface area contributed by atoms with Crippen LogP contribution < -0.4 is 14.9 Å². The van der Waals surface area contributed by atoms with Gasteiger partial charge in [-0.05, 0) is 53.2 Å². The van der Waals surface area contributed by atoms with Crippen LogP contribution in [0, 0.1) is 0 Å². The quantitative estimate of drug-likeness (QED) is 0.231. The molecule has 0 spiro atoms. The Labute approximate surface area is 187 Å². The summed E-state index contributed by atoms with van der Waals surface area (Å²) in [5, 5.41) is 2.82. The minimum absolute atomic E-state index is 0.0662. The maximum Gasteiger partial charge on any atom is 0.343 e. The van der Waals surface area contributed by atoms with E-state index in [-0.39, 0.29) is 22.5 Å². The van der Waals surface area contributed by atoms with Crippen LogP contribution in [0.5, 0.6) is 17.2 Å². The molecule has 0 atom stereocenters. The Balaban J connectivity index is 1.41. The summed E-state index contributed by atoms with van der Waals surface area (Å²) in [7, 11) is 0. The second kappa shape index (κ2) is 8.21. The predicted octanol–water partition coefficient (Wildman–Crippen LogP) is 6.61. The average molecular weight is 443 g/mol. The molecule has 0 aliphatic rings. The van der Waals surface area contributed by atoms with Gasteiger partial charge >= 0.3 is 5.97 Å². The molecule has 0 aliphatic heterocycles. The lowest BCUT2D eigenvalue weighted by Crippen LogP contribution is -2.09. The molecule has 0 saturated heterocycles. The van der Waals surface area contributed by atoms with Crippen LogP contribution in [0.25, 0.3) is 21.7 Å². The normalized spacial score (nSPS) is 10.9. The molecule has 1 aromatic heterocycles. The Morgan fingerprint density at radius 2 is 1.62 bits per heavy atom. The van der Waals surface area contributed by atoms with Gasteiger partial charge in [-0.15, -0.1) is 0 Å². The average Bonchev–Trinajstić information content (AvgIpc) is 2.81. The van der Waals surface area contributed by atoms with Crippen molar-refractivity contribution in [1.29, 1.82) is 0 Å². The van der Waals surface area contributed by atoms with Crippen LogP contribution in [0.2, 0.25) is 5.02 Å². The standard InChI is InChI=1S/C26H15ClO5/c27-19-7-3-6-18(12-19)26(29)32-21-10-11-22-23(14-21)30-15-24(25(22)28)31-20-9-8-16-4-1-2-5-17(16)13-20/h1-15H. The van der Waals surface area contributed by atoms with Gasteiger partial charge in [-0.3, -0.25) is 4.79 Å². The molecule has 0 unspecified atom stereocenters. The van der Waals surface area contributed by atoms with Gasteiger partial charge in [0, 0.05) is 11.1 Å². The summed E-state index contributed by atoms with van der Waals surface area (Å²) in [5.41, 5.74) is 0.266. The van der Waals surface area contributed by atoms with E-state index in [1.54, 1.807) is 24.3 Å². The smallest absolute Gasteiger partial charge is 0.343 e. The minimum Gasteiger partial charge on any atom is -0.460 e. The maximum atomic E-state index is 12.9. The van der Waals surface area contributed by atoms with Crippen molar-refractivity contribution in [3.8, 4) is 17.2 Å². The molecule has 0 amide bonds. The fraction of sp³-hybridized carbons (Fsp3) is 0. The molecular weight excluding hydrogens is 428 g/mol. The van der Waals surface area contributed by atoms with Crippen LogP contribution in [0.15, 0.2) is 100 Å². The fourth-order valence-electron chi connectivity index (χ4n) is 3.36. The lowest BCUT2D eigenvalue weighted by Gasteiger charge is -2.08. The second-order valence-electron chi connectivity index (χ2n) is 7.10. The Hall–Kier alpha value is -4.09. The first-order valence-corrected chi connectivity index (χ1v) is 10.1. The summed E-state index contributed by atoms with van der Waals surface area (Å²) in [6.45, 7) is 0. The minimum atomic E-state index is -0.564. The van der Waals surface area contributed by atoms with E-state index in [1.165, 1.54) is 30.5 Å². The number of halogens is 1. The fourth-order valence-corrected chi connectivity index (χ4v) is 3.55. The number of fused-ring (bicyclic) bond motifs is 2. The largest absolute Gasteiger partial charge is 0.460 e. The monoisotopic (exact) mass is 442 g/mol. The molecular formula is C26H15ClO5. The van der Waals surface area contributed by atoms with E-state index >= 15 is 0 Å². The first-order valence-electron chi connectivity index (χ1n) is 9.77. The lowest BCUT2D eigenvalue weighted by molar-refractivity contribution is 0.0735. The topological polar surface area (TPSA) is 65.7 Å². The SMILES string of the molecule is O=C(Oc1ccc2c(=O)c(Oc3ccc4ccccc4c3)coc2c1)c1cccc(Cl)c1. The van der Waals surface area contributed by atoms with E-state index in [0.29, 0.717) is 21.7 Å². The summed E-state index contributed by atoms with van der Waals surface area (Å²) < 4.78 is 16.8. The predicted molar refractivity (Wildman–Crippen MR) is 123 cm³/mol. The molecule has 0 N–H and O–H groups in total. The number of carbonyl (C=O) groups is 1. The van der Waals surface area contributed by atoms with Gasteiger partial charge in [0.2, 0.25) is 11.2 Å². The zero-order valence-corrected chi connectivity index (χ0v) is 17.3. The third kappa shape index (κ3) is 3.94. The van der Waals surface area contributed by atoms with E-state index in [0.717, 1.165) is 10.8 Å². The third-order valence-electron chi connectivity index (χ3n) is 4.93. The van der Waals surface area contributed by atoms with Crippen molar-refractivity contribution >= 4 is 39.3 Å². The highest BCUT2D eigenvalue weighted by molar-refractivity contribution is 6.30. The highest BCUT2D eigenvalue weighted by atomic mass is 35.5. The molecule has 156 valence electrons. The van der Waals surface area contributed by atoms with Crippen molar-refractivity contribution in [3.05, 3.63) is 112 Å². The molecule has 32 heavy (non-hydrogen) atoms. The molecule has 6 heteroatoms. The second-order valence-corrected chi connectivity index (χ2v) is 7.53. The molecule has 5 nitrogen and oxygen atoms in total. The molecule has 0 aliphatic carbocycles. The first kappa shape index (κ1) is 19.8. The van der Waals surface area contributed by atoms with E-state index in [9.17, 15) is 9.59 Å². The first-order chi connectivity index (χ1) is 15.6. The van der Waals surface area contributed by atoms with Crippen molar-refractivity contribution in [2.75, 3.05) is 0 Å². The number of ether oxygens (including phenoxy) is 2. The van der Waals surface area contributed by atoms with Gasteiger partial charge in [0.25, 0.3) is 0 Å². The van der Waals surface area contributed by atoms with Crippen LogP contribution in [0.3, 0.4) is 0 Å². The number of esters is 1. The third-order valence-corrected chi connectivity index (χ3v) is 5.17. The van der Waals surface area contributed by atoms with Gasteiger partial charge in [0.05, 0.1) is 10.9 Å². The summed E-state index contributed by atoms with van der Waals surface area (Å²) in [6, 6.07) is 24.4. The summed E-state index contributed by atoms with van der Waals surface area (Å²) in [4.78, 5) is 25.2. The van der Waals surface area contributed by atoms with Gasteiger partial charge in [0.15, 0.2) is 0 Å². The lowest BCUT2D eigenvalue weighted by atomic mass is 10.1. The van der Waals surface area contributed by atoms with Crippen LogP contribution in [0.1, 0.15) is 10.4 Å². The summed E-state index contributed by atoms with van der Waals surface area (Å²) in [6.07, 6.45) is 1.25. The zero-order chi connectivity index (χ0) is 22.1. The molecule has 0 radical (unpaired) electrons. The number of benzene rings is 4. The van der Waals surface area contributed by atoms with Crippen molar-refractivity contribution in [2.45, 2.75) is 0 Å². The molecule has 1 heterocycles. The summed E-state index contributed by atoms with van der Waals surface area (Å²) >= 11 is 5.92. The van der Waals surface area contributed by atoms with Gasteiger partial charge in [-0.1, -0.05) is 48.0 Å². The van der Waals surface area contributed by atoms with Gasteiger partial charge in [0.1, 0.15) is 23.3 Å². The Bertz CT molecular complexity index is 1540. The van der Waals surface area contributed by atoms with E-state index in [1.807, 2.05) is 36.4 Å². The van der Waals surface area contributed by atoms with Gasteiger partial charge < -0.3 is 13.9 Å². The number of carbonyl (C=O) groups excluding carboxylic acids is 1. The van der Waals surface area contributed by atoms with Crippen LogP contribution in [0.4, 0.5) is 0 Å². The van der Waals surface area contributed by atoms with Gasteiger partial charge in [-0.25, -0.2) is 4.79 Å². The Morgan fingerprint density at radius 3 is 2.47 bits per heavy atom.